The zero-order chi connectivity index (χ0) is 24.3. The maximum absolute atomic E-state index is 12.3. The van der Waals surface area contributed by atoms with Crippen molar-refractivity contribution in [2.75, 3.05) is 23.8 Å². The molecule has 7 nitrogen and oxygen atoms in total. The van der Waals surface area contributed by atoms with Crippen LogP contribution < -0.4 is 20.7 Å². The molecule has 1 atom stereocenters. The van der Waals surface area contributed by atoms with Gasteiger partial charge in [-0.15, -0.1) is 0 Å². The lowest BCUT2D eigenvalue weighted by atomic mass is 10.2. The van der Waals surface area contributed by atoms with Gasteiger partial charge in [0.1, 0.15) is 12.4 Å². The van der Waals surface area contributed by atoms with Gasteiger partial charge in [-0.05, 0) is 66.4 Å². The number of benzene rings is 3. The van der Waals surface area contributed by atoms with Crippen LogP contribution in [-0.4, -0.2) is 31.2 Å². The number of ether oxygens (including phenoxy) is 2. The third-order valence-corrected chi connectivity index (χ3v) is 5.46. The number of amides is 3. The van der Waals surface area contributed by atoms with Crippen LogP contribution in [0.4, 0.5) is 16.2 Å². The summed E-state index contributed by atoms with van der Waals surface area (Å²) < 4.78 is 11.3. The van der Waals surface area contributed by atoms with Crippen molar-refractivity contribution in [3.05, 3.63) is 96.1 Å². The summed E-state index contributed by atoms with van der Waals surface area (Å²) >= 11 is 0. The Balaban J connectivity index is 1.22. The van der Waals surface area contributed by atoms with Crippen LogP contribution in [-0.2, 0) is 16.1 Å². The SMILES string of the molecule is O=C(/C=C/c1cccc(OCc2ccccc2)c1)Nc1ccc(NC(=O)NCC2CCCO2)cc1. The fraction of sp³-hybridized carbons (Fsp3) is 0.214. The molecule has 0 spiro atoms. The van der Waals surface area contributed by atoms with Gasteiger partial charge in [-0.3, -0.25) is 4.79 Å². The van der Waals surface area contributed by atoms with Crippen molar-refractivity contribution in [2.24, 2.45) is 0 Å². The monoisotopic (exact) mass is 471 g/mol. The van der Waals surface area contributed by atoms with E-state index in [1.807, 2.05) is 54.6 Å². The number of rotatable bonds is 9. The number of urea groups is 1. The van der Waals surface area contributed by atoms with E-state index in [0.717, 1.165) is 36.3 Å². The van der Waals surface area contributed by atoms with Gasteiger partial charge in [0.25, 0.3) is 0 Å². The molecule has 3 aromatic carbocycles. The van der Waals surface area contributed by atoms with Crippen molar-refractivity contribution >= 4 is 29.4 Å². The molecule has 3 amide bonds. The molecule has 3 aromatic rings. The zero-order valence-corrected chi connectivity index (χ0v) is 19.4. The molecule has 35 heavy (non-hydrogen) atoms. The summed E-state index contributed by atoms with van der Waals surface area (Å²) in [5, 5.41) is 8.40. The fourth-order valence-corrected chi connectivity index (χ4v) is 3.63. The maximum atomic E-state index is 12.3. The molecule has 1 saturated heterocycles. The second kappa shape index (κ2) is 12.4. The lowest BCUT2D eigenvalue weighted by Gasteiger charge is -2.12. The lowest BCUT2D eigenvalue weighted by Crippen LogP contribution is -2.35. The largest absolute Gasteiger partial charge is 0.489 e. The standard InChI is InChI=1S/C28H29N3O4/c32-27(16-11-21-8-4-9-25(18-21)35-20-22-6-2-1-3-7-22)30-23-12-14-24(15-13-23)31-28(33)29-19-26-10-5-17-34-26/h1-4,6-9,11-16,18,26H,5,10,17,19-20H2,(H,30,32)(H2,29,31,33)/b16-11+. The van der Waals surface area contributed by atoms with Gasteiger partial charge in [0, 0.05) is 30.6 Å². The van der Waals surface area contributed by atoms with Gasteiger partial charge in [0.2, 0.25) is 5.91 Å². The van der Waals surface area contributed by atoms with Crippen molar-refractivity contribution in [1.29, 1.82) is 0 Å². The molecule has 1 unspecified atom stereocenters. The van der Waals surface area contributed by atoms with E-state index < -0.39 is 0 Å². The molecule has 3 N–H and O–H groups in total. The molecule has 0 aromatic heterocycles. The molecule has 1 aliphatic heterocycles. The smallest absolute Gasteiger partial charge is 0.319 e. The zero-order valence-electron chi connectivity index (χ0n) is 19.4. The van der Waals surface area contributed by atoms with E-state index in [9.17, 15) is 9.59 Å². The molecule has 0 radical (unpaired) electrons. The summed E-state index contributed by atoms with van der Waals surface area (Å²) in [6, 6.07) is 24.2. The minimum atomic E-state index is -0.282. The number of hydrogen-bond donors (Lipinski definition) is 3. The van der Waals surface area contributed by atoms with Gasteiger partial charge >= 0.3 is 6.03 Å². The highest BCUT2D eigenvalue weighted by molar-refractivity contribution is 6.02. The average molecular weight is 472 g/mol. The number of carbonyl (C=O) groups excluding carboxylic acids is 2. The lowest BCUT2D eigenvalue weighted by molar-refractivity contribution is -0.111. The van der Waals surface area contributed by atoms with E-state index in [2.05, 4.69) is 16.0 Å². The summed E-state index contributed by atoms with van der Waals surface area (Å²) in [5.41, 5.74) is 3.22. The van der Waals surface area contributed by atoms with E-state index >= 15 is 0 Å². The molecule has 4 rings (SSSR count). The minimum Gasteiger partial charge on any atom is -0.489 e. The van der Waals surface area contributed by atoms with Crippen molar-refractivity contribution < 1.29 is 19.1 Å². The van der Waals surface area contributed by atoms with Crippen LogP contribution in [0.5, 0.6) is 5.75 Å². The van der Waals surface area contributed by atoms with E-state index in [0.29, 0.717) is 24.5 Å². The number of carbonyl (C=O) groups is 2. The molecule has 1 aliphatic rings. The van der Waals surface area contributed by atoms with Gasteiger partial charge in [0.05, 0.1) is 6.10 Å². The highest BCUT2D eigenvalue weighted by atomic mass is 16.5. The second-order valence-corrected chi connectivity index (χ2v) is 8.22. The topological polar surface area (TPSA) is 88.7 Å². The molecule has 1 heterocycles. The highest BCUT2D eigenvalue weighted by Crippen LogP contribution is 2.17. The van der Waals surface area contributed by atoms with E-state index in [-0.39, 0.29) is 18.0 Å². The van der Waals surface area contributed by atoms with Crippen LogP contribution in [0.15, 0.2) is 84.9 Å². The third kappa shape index (κ3) is 8.01. The van der Waals surface area contributed by atoms with Gasteiger partial charge in [-0.2, -0.15) is 0 Å². The van der Waals surface area contributed by atoms with Crippen molar-refractivity contribution in [3.8, 4) is 5.75 Å². The normalized spacial score (nSPS) is 15.0. The van der Waals surface area contributed by atoms with Crippen molar-refractivity contribution in [3.63, 3.8) is 0 Å². The molecule has 0 aliphatic carbocycles. The molecule has 1 fully saturated rings. The first-order chi connectivity index (χ1) is 17.1. The number of nitrogens with one attached hydrogen (secondary N) is 3. The van der Waals surface area contributed by atoms with E-state index in [1.54, 1.807) is 30.3 Å². The minimum absolute atomic E-state index is 0.0932. The molecular weight excluding hydrogens is 442 g/mol. The molecule has 7 heteroatoms. The Morgan fingerprint density at radius 1 is 0.943 bits per heavy atom. The Hall–Kier alpha value is -4.10. The van der Waals surface area contributed by atoms with Crippen LogP contribution in [0.3, 0.4) is 0 Å². The highest BCUT2D eigenvalue weighted by Gasteiger charge is 2.16. The molecule has 0 saturated carbocycles. The van der Waals surface area contributed by atoms with Crippen LogP contribution in [0.2, 0.25) is 0 Å². The van der Waals surface area contributed by atoms with Gasteiger partial charge in [-0.25, -0.2) is 4.79 Å². The first-order valence-electron chi connectivity index (χ1n) is 11.7. The van der Waals surface area contributed by atoms with Crippen molar-refractivity contribution in [1.82, 2.24) is 5.32 Å². The van der Waals surface area contributed by atoms with E-state index in [4.69, 9.17) is 9.47 Å². The molecule has 180 valence electrons. The quantitative estimate of drug-likeness (QED) is 0.374. The Kier molecular flexibility index (Phi) is 8.51. The first-order valence-corrected chi connectivity index (χ1v) is 11.7. The Bertz CT molecular complexity index is 1140. The van der Waals surface area contributed by atoms with Gasteiger partial charge < -0.3 is 25.4 Å². The first kappa shape index (κ1) is 24.0. The van der Waals surface area contributed by atoms with Crippen LogP contribution in [0.25, 0.3) is 6.08 Å². The maximum Gasteiger partial charge on any atom is 0.319 e. The molecule has 0 bridgehead atoms. The van der Waals surface area contributed by atoms with Crippen LogP contribution in [0.1, 0.15) is 24.0 Å². The average Bonchev–Trinajstić information content (AvgIpc) is 3.41. The predicted molar refractivity (Wildman–Crippen MR) is 137 cm³/mol. The summed E-state index contributed by atoms with van der Waals surface area (Å²) in [7, 11) is 0. The predicted octanol–water partition coefficient (Wildman–Crippen LogP) is 5.22. The summed E-state index contributed by atoms with van der Waals surface area (Å²) in [6.45, 7) is 1.73. The van der Waals surface area contributed by atoms with Gasteiger partial charge in [-0.1, -0.05) is 42.5 Å². The Morgan fingerprint density at radius 3 is 2.46 bits per heavy atom. The number of anilines is 2. The van der Waals surface area contributed by atoms with E-state index in [1.165, 1.54) is 6.08 Å². The van der Waals surface area contributed by atoms with Crippen LogP contribution in [0, 0.1) is 0 Å². The number of hydrogen-bond acceptors (Lipinski definition) is 4. The summed E-state index contributed by atoms with van der Waals surface area (Å²) in [5.74, 6) is 0.481. The van der Waals surface area contributed by atoms with Gasteiger partial charge in [0.15, 0.2) is 0 Å². The fourth-order valence-electron chi connectivity index (χ4n) is 3.63. The summed E-state index contributed by atoms with van der Waals surface area (Å²) in [6.07, 6.45) is 5.30. The second-order valence-electron chi connectivity index (χ2n) is 8.22. The van der Waals surface area contributed by atoms with Crippen LogP contribution >= 0.6 is 0 Å². The molecular formula is C28H29N3O4. The van der Waals surface area contributed by atoms with Crippen molar-refractivity contribution in [2.45, 2.75) is 25.6 Å². The Morgan fingerprint density at radius 2 is 1.71 bits per heavy atom. The Labute approximate surface area is 205 Å². The third-order valence-electron chi connectivity index (χ3n) is 5.46. The summed E-state index contributed by atoms with van der Waals surface area (Å²) in [4.78, 5) is 24.4.